The van der Waals surface area contributed by atoms with E-state index in [0.717, 1.165) is 24.2 Å². The molecule has 2 rings (SSSR count). The number of rotatable bonds is 16. The van der Waals surface area contributed by atoms with E-state index in [4.69, 9.17) is 0 Å². The maximum Gasteiger partial charge on any atom is 0.237 e. The SMILES string of the molecule is CCCCCCCCCCCCCCC1CC(=O)N(c2c(NC(C)=O)cccc2C(=O)C(C)(C)C)C1=O. The molecule has 0 aromatic heterocycles. The van der Waals surface area contributed by atoms with Crippen LogP contribution < -0.4 is 10.2 Å². The van der Waals surface area contributed by atoms with Gasteiger partial charge in [0.1, 0.15) is 0 Å². The largest absolute Gasteiger partial charge is 0.324 e. The number of hydrogen-bond donors (Lipinski definition) is 1. The second-order valence-electron chi connectivity index (χ2n) is 11.6. The van der Waals surface area contributed by atoms with Crippen LogP contribution in [0, 0.1) is 11.3 Å². The standard InChI is InChI=1S/C31H48N2O4/c1-6-7-8-9-10-11-12-13-14-15-16-17-19-24-22-27(35)33(30(24)37)28-25(29(36)31(3,4)5)20-18-21-26(28)32-23(2)34/h18,20-21,24H,6-17,19,22H2,1-5H3,(H,32,34). The van der Waals surface area contributed by atoms with E-state index in [1.807, 2.05) is 0 Å². The van der Waals surface area contributed by atoms with E-state index in [0.29, 0.717) is 12.1 Å². The molecule has 206 valence electrons. The van der Waals surface area contributed by atoms with E-state index in [1.54, 1.807) is 39.0 Å². The van der Waals surface area contributed by atoms with Crippen molar-refractivity contribution < 1.29 is 19.2 Å². The van der Waals surface area contributed by atoms with Crippen LogP contribution in [0.15, 0.2) is 18.2 Å². The van der Waals surface area contributed by atoms with Gasteiger partial charge in [0.15, 0.2) is 5.78 Å². The number of Topliss-reactive ketones (excluding diaryl/α,β-unsaturated/α-hetero) is 1. The second kappa shape index (κ2) is 15.0. The number of para-hydroxylation sites is 1. The van der Waals surface area contributed by atoms with E-state index in [1.165, 1.54) is 64.7 Å². The molecule has 0 saturated carbocycles. The van der Waals surface area contributed by atoms with Crippen LogP contribution in [0.25, 0.3) is 0 Å². The number of imide groups is 1. The van der Waals surface area contributed by atoms with Crippen molar-refractivity contribution in [3.63, 3.8) is 0 Å². The van der Waals surface area contributed by atoms with E-state index in [9.17, 15) is 19.2 Å². The maximum absolute atomic E-state index is 13.4. The highest BCUT2D eigenvalue weighted by molar-refractivity contribution is 6.25. The Kier molecular flexibility index (Phi) is 12.5. The Hall–Kier alpha value is -2.50. The van der Waals surface area contributed by atoms with Crippen molar-refractivity contribution in [2.24, 2.45) is 11.3 Å². The first kappa shape index (κ1) is 30.7. The van der Waals surface area contributed by atoms with Crippen LogP contribution in [0.4, 0.5) is 11.4 Å². The highest BCUT2D eigenvalue weighted by Gasteiger charge is 2.42. The zero-order chi connectivity index (χ0) is 27.4. The first-order valence-corrected chi connectivity index (χ1v) is 14.4. The van der Waals surface area contributed by atoms with Gasteiger partial charge in [-0.1, -0.05) is 111 Å². The van der Waals surface area contributed by atoms with Crippen LogP contribution in [0.2, 0.25) is 0 Å². The highest BCUT2D eigenvalue weighted by atomic mass is 16.2. The van der Waals surface area contributed by atoms with Gasteiger partial charge in [0.25, 0.3) is 0 Å². The van der Waals surface area contributed by atoms with Crippen molar-refractivity contribution in [1.82, 2.24) is 0 Å². The van der Waals surface area contributed by atoms with Gasteiger partial charge in [-0.15, -0.1) is 0 Å². The number of nitrogens with zero attached hydrogens (tertiary/aromatic N) is 1. The van der Waals surface area contributed by atoms with Crippen molar-refractivity contribution in [2.75, 3.05) is 10.2 Å². The van der Waals surface area contributed by atoms with Gasteiger partial charge in [0, 0.05) is 30.2 Å². The molecular formula is C31H48N2O4. The van der Waals surface area contributed by atoms with Crippen LogP contribution in [0.1, 0.15) is 135 Å². The Morgan fingerprint density at radius 1 is 0.892 bits per heavy atom. The quantitative estimate of drug-likeness (QED) is 0.139. The summed E-state index contributed by atoms with van der Waals surface area (Å²) in [6.45, 7) is 9.01. The summed E-state index contributed by atoms with van der Waals surface area (Å²) in [7, 11) is 0. The Labute approximate surface area is 224 Å². The Balaban J connectivity index is 1.93. The zero-order valence-electron chi connectivity index (χ0n) is 23.8. The molecule has 37 heavy (non-hydrogen) atoms. The van der Waals surface area contributed by atoms with E-state index < -0.39 is 5.41 Å². The number of carbonyl (C=O) groups is 4. The number of carbonyl (C=O) groups excluding carboxylic acids is 4. The molecule has 6 heteroatoms. The molecule has 1 aromatic carbocycles. The fourth-order valence-corrected chi connectivity index (χ4v) is 5.05. The molecule has 1 aliphatic rings. The summed E-state index contributed by atoms with van der Waals surface area (Å²) in [5.74, 6) is -1.46. The molecule has 1 unspecified atom stereocenters. The summed E-state index contributed by atoms with van der Waals surface area (Å²) in [5, 5.41) is 2.71. The monoisotopic (exact) mass is 512 g/mol. The molecule has 0 spiro atoms. The molecule has 1 atom stereocenters. The highest BCUT2D eigenvalue weighted by Crippen LogP contribution is 2.39. The average Bonchev–Trinajstić information content (AvgIpc) is 3.10. The van der Waals surface area contributed by atoms with Crippen LogP contribution in [0.5, 0.6) is 0 Å². The lowest BCUT2D eigenvalue weighted by atomic mass is 9.85. The number of nitrogens with one attached hydrogen (secondary N) is 1. The van der Waals surface area contributed by atoms with Gasteiger partial charge in [-0.05, 0) is 18.6 Å². The van der Waals surface area contributed by atoms with Crippen LogP contribution in [-0.2, 0) is 14.4 Å². The van der Waals surface area contributed by atoms with E-state index in [-0.39, 0.29) is 47.1 Å². The number of unbranched alkanes of at least 4 members (excludes halogenated alkanes) is 11. The predicted octanol–water partition coefficient (Wildman–Crippen LogP) is 7.84. The predicted molar refractivity (Wildman–Crippen MR) is 151 cm³/mol. The molecule has 0 aliphatic carbocycles. The third-order valence-corrected chi connectivity index (χ3v) is 7.14. The third kappa shape index (κ3) is 9.39. The van der Waals surface area contributed by atoms with Gasteiger partial charge in [-0.2, -0.15) is 0 Å². The molecule has 1 N–H and O–H groups in total. The zero-order valence-corrected chi connectivity index (χ0v) is 23.8. The lowest BCUT2D eigenvalue weighted by Crippen LogP contribution is -2.34. The summed E-state index contributed by atoms with van der Waals surface area (Å²) >= 11 is 0. The topological polar surface area (TPSA) is 83.6 Å². The van der Waals surface area contributed by atoms with Crippen LogP contribution >= 0.6 is 0 Å². The Morgan fingerprint density at radius 3 is 1.95 bits per heavy atom. The number of amides is 3. The van der Waals surface area contributed by atoms with Gasteiger partial charge < -0.3 is 5.32 Å². The summed E-state index contributed by atoms with van der Waals surface area (Å²) in [4.78, 5) is 52.7. The lowest BCUT2D eigenvalue weighted by molar-refractivity contribution is -0.122. The number of benzene rings is 1. The summed E-state index contributed by atoms with van der Waals surface area (Å²) in [5.41, 5.74) is 0.107. The normalized spacial score (nSPS) is 15.9. The van der Waals surface area contributed by atoms with Crippen molar-refractivity contribution in [1.29, 1.82) is 0 Å². The minimum absolute atomic E-state index is 0.147. The van der Waals surface area contributed by atoms with E-state index in [2.05, 4.69) is 12.2 Å². The summed E-state index contributed by atoms with van der Waals surface area (Å²) in [6.07, 6.45) is 15.8. The van der Waals surface area contributed by atoms with Gasteiger partial charge in [0.05, 0.1) is 11.4 Å². The Morgan fingerprint density at radius 2 is 1.43 bits per heavy atom. The number of ketones is 1. The molecule has 3 amide bonds. The first-order chi connectivity index (χ1) is 17.6. The van der Waals surface area contributed by atoms with Crippen molar-refractivity contribution >= 4 is 34.9 Å². The molecule has 1 heterocycles. The molecule has 1 saturated heterocycles. The number of anilines is 2. The fourth-order valence-electron chi connectivity index (χ4n) is 5.05. The minimum Gasteiger partial charge on any atom is -0.324 e. The first-order valence-electron chi connectivity index (χ1n) is 14.4. The average molecular weight is 513 g/mol. The third-order valence-electron chi connectivity index (χ3n) is 7.14. The minimum atomic E-state index is -0.704. The molecule has 1 aromatic rings. The molecular weight excluding hydrogens is 464 g/mol. The van der Waals surface area contributed by atoms with Gasteiger partial charge in [0.2, 0.25) is 17.7 Å². The molecule has 0 radical (unpaired) electrons. The van der Waals surface area contributed by atoms with Crippen molar-refractivity contribution in [3.05, 3.63) is 23.8 Å². The number of hydrogen-bond acceptors (Lipinski definition) is 4. The molecule has 1 fully saturated rings. The van der Waals surface area contributed by atoms with Crippen LogP contribution in [0.3, 0.4) is 0 Å². The molecule has 0 bridgehead atoms. The van der Waals surface area contributed by atoms with Gasteiger partial charge in [-0.3, -0.25) is 19.2 Å². The second-order valence-corrected chi connectivity index (χ2v) is 11.6. The van der Waals surface area contributed by atoms with Gasteiger partial charge >= 0.3 is 0 Å². The Bertz CT molecular complexity index is 932. The summed E-state index contributed by atoms with van der Waals surface area (Å²) in [6, 6.07) is 4.94. The molecule has 6 nitrogen and oxygen atoms in total. The van der Waals surface area contributed by atoms with Crippen LogP contribution in [-0.4, -0.2) is 23.5 Å². The fraction of sp³-hybridized carbons (Fsp3) is 0.677. The smallest absolute Gasteiger partial charge is 0.237 e. The lowest BCUT2D eigenvalue weighted by Gasteiger charge is -2.25. The summed E-state index contributed by atoms with van der Waals surface area (Å²) < 4.78 is 0. The maximum atomic E-state index is 13.4. The van der Waals surface area contributed by atoms with Crippen molar-refractivity contribution in [2.45, 2.75) is 125 Å². The molecule has 1 aliphatic heterocycles. The van der Waals surface area contributed by atoms with Crippen molar-refractivity contribution in [3.8, 4) is 0 Å². The van der Waals surface area contributed by atoms with Gasteiger partial charge in [-0.25, -0.2) is 4.90 Å². The van der Waals surface area contributed by atoms with E-state index >= 15 is 0 Å².